The third-order valence-corrected chi connectivity index (χ3v) is 6.48. The van der Waals surface area contributed by atoms with Crippen LogP contribution in [0.3, 0.4) is 0 Å². The van der Waals surface area contributed by atoms with Gasteiger partial charge in [-0.3, -0.25) is 9.59 Å². The number of hydrogen-bond donors (Lipinski definition) is 1. The van der Waals surface area contributed by atoms with Crippen LogP contribution >= 0.6 is 34.4 Å². The Balaban J connectivity index is 1.52. The zero-order chi connectivity index (χ0) is 22.9. The number of hydrogen-bond acceptors (Lipinski definition) is 5. The average molecular weight is 560 g/mol. The van der Waals surface area contributed by atoms with Gasteiger partial charge in [0.2, 0.25) is 5.91 Å². The lowest BCUT2D eigenvalue weighted by Crippen LogP contribution is -2.12. The van der Waals surface area contributed by atoms with E-state index in [0.717, 1.165) is 23.8 Å². The molecule has 0 radical (unpaired) electrons. The van der Waals surface area contributed by atoms with Crippen molar-refractivity contribution in [2.24, 2.45) is 0 Å². The van der Waals surface area contributed by atoms with Crippen LogP contribution < -0.4 is 5.32 Å². The highest BCUT2D eigenvalue weighted by Gasteiger charge is 2.13. The first-order chi connectivity index (χ1) is 15.5. The fourth-order valence-electron chi connectivity index (χ4n) is 3.08. The van der Waals surface area contributed by atoms with Crippen molar-refractivity contribution >= 4 is 51.7 Å². The third-order valence-electron chi connectivity index (χ3n) is 4.79. The number of rotatable bonds is 11. The number of ketones is 1. The highest BCUT2D eigenvalue weighted by Crippen LogP contribution is 2.20. The summed E-state index contributed by atoms with van der Waals surface area (Å²) in [5, 5.41) is 12.4. The molecule has 0 aliphatic heterocycles. The molecule has 32 heavy (non-hydrogen) atoms. The molecule has 0 bridgehead atoms. The van der Waals surface area contributed by atoms with Crippen LogP contribution in [-0.2, 0) is 24.2 Å². The highest BCUT2D eigenvalue weighted by molar-refractivity contribution is 14.1. The van der Waals surface area contributed by atoms with Crippen LogP contribution in [0.2, 0.25) is 0 Å². The topological polar surface area (TPSA) is 76.9 Å². The van der Waals surface area contributed by atoms with Gasteiger partial charge in [0.05, 0.1) is 0 Å². The number of carbonyl (C=O) groups is 2. The first-order valence-electron chi connectivity index (χ1n) is 10.3. The lowest BCUT2D eigenvalue weighted by Gasteiger charge is -2.08. The van der Waals surface area contributed by atoms with Crippen LogP contribution in [0, 0.1) is 3.57 Å². The lowest BCUT2D eigenvalue weighted by atomic mass is 10.1. The van der Waals surface area contributed by atoms with Crippen LogP contribution in [0.5, 0.6) is 0 Å². The molecular formula is C24H25IN4O2S. The average Bonchev–Trinajstić information content (AvgIpc) is 3.15. The van der Waals surface area contributed by atoms with E-state index in [4.69, 9.17) is 0 Å². The van der Waals surface area contributed by atoms with E-state index in [1.54, 1.807) is 24.3 Å². The molecule has 3 rings (SSSR count). The molecule has 1 aromatic heterocycles. The maximum Gasteiger partial charge on any atom is 0.225 e. The molecule has 1 N–H and O–H groups in total. The molecule has 166 valence electrons. The van der Waals surface area contributed by atoms with E-state index in [0.29, 0.717) is 30.0 Å². The smallest absolute Gasteiger partial charge is 0.225 e. The molecule has 1 heterocycles. The summed E-state index contributed by atoms with van der Waals surface area (Å²) in [5.41, 5.74) is 2.57. The van der Waals surface area contributed by atoms with Crippen molar-refractivity contribution in [3.63, 3.8) is 0 Å². The minimum absolute atomic E-state index is 0.000762. The fraction of sp³-hybridized carbons (Fsp3) is 0.250. The Labute approximate surface area is 206 Å². The number of nitrogens with one attached hydrogen (secondary N) is 1. The highest BCUT2D eigenvalue weighted by atomic mass is 127. The maximum absolute atomic E-state index is 12.3. The Morgan fingerprint density at radius 2 is 1.81 bits per heavy atom. The molecule has 1 amide bonds. The first kappa shape index (κ1) is 24.2. The summed E-state index contributed by atoms with van der Waals surface area (Å²) in [6, 6.07) is 15.4. The number of aromatic nitrogens is 3. The summed E-state index contributed by atoms with van der Waals surface area (Å²) < 4.78 is 3.28. The Bertz CT molecular complexity index is 1080. The van der Waals surface area contributed by atoms with E-state index >= 15 is 0 Å². The molecule has 8 heteroatoms. The van der Waals surface area contributed by atoms with Crippen LogP contribution in [-0.4, -0.2) is 32.2 Å². The van der Waals surface area contributed by atoms with E-state index in [1.165, 1.54) is 27.8 Å². The van der Waals surface area contributed by atoms with Gasteiger partial charge >= 0.3 is 0 Å². The Morgan fingerprint density at radius 1 is 1.09 bits per heavy atom. The van der Waals surface area contributed by atoms with E-state index in [2.05, 4.69) is 73.5 Å². The van der Waals surface area contributed by atoms with Crippen molar-refractivity contribution in [3.8, 4) is 0 Å². The second kappa shape index (κ2) is 12.0. The van der Waals surface area contributed by atoms with Crippen molar-refractivity contribution < 1.29 is 9.59 Å². The van der Waals surface area contributed by atoms with Gasteiger partial charge in [0, 0.05) is 40.0 Å². The van der Waals surface area contributed by atoms with Crippen molar-refractivity contribution in [1.29, 1.82) is 0 Å². The molecule has 6 nitrogen and oxygen atoms in total. The first-order valence-corrected chi connectivity index (χ1v) is 12.3. The standard InChI is InChI=1S/C24H25IN4O2S/c1-3-15-29-22(13-6-18-4-9-20(25)10-5-18)27-28-24(29)32-16-14-23(31)26-21-11-7-19(8-12-21)17(2)30/h3-5,7-12H,1,6,13-16H2,2H3,(H,26,31). The van der Waals surface area contributed by atoms with E-state index in [1.807, 2.05) is 6.08 Å². The second-order valence-electron chi connectivity index (χ2n) is 7.20. The number of carbonyl (C=O) groups excluding carboxylic acids is 2. The van der Waals surface area contributed by atoms with Gasteiger partial charge < -0.3 is 9.88 Å². The predicted molar refractivity (Wildman–Crippen MR) is 137 cm³/mol. The Morgan fingerprint density at radius 3 is 2.47 bits per heavy atom. The summed E-state index contributed by atoms with van der Waals surface area (Å²) >= 11 is 3.81. The van der Waals surface area contributed by atoms with Crippen molar-refractivity contribution in [1.82, 2.24) is 14.8 Å². The van der Waals surface area contributed by atoms with E-state index in [-0.39, 0.29) is 11.7 Å². The van der Waals surface area contributed by atoms with Crippen LogP contribution in [0.1, 0.15) is 35.1 Å². The summed E-state index contributed by atoms with van der Waals surface area (Å²) in [4.78, 5) is 23.6. The molecule has 0 spiro atoms. The number of aryl methyl sites for hydroxylation is 2. The normalized spacial score (nSPS) is 10.7. The van der Waals surface area contributed by atoms with Gasteiger partial charge in [0.1, 0.15) is 5.82 Å². The summed E-state index contributed by atoms with van der Waals surface area (Å²) in [5.74, 6) is 1.42. The number of Topliss-reactive ketones (excluding diaryl/α,β-unsaturated/α-hetero) is 1. The van der Waals surface area contributed by atoms with Crippen LogP contribution in [0.15, 0.2) is 66.3 Å². The summed E-state index contributed by atoms with van der Waals surface area (Å²) in [7, 11) is 0. The van der Waals surface area contributed by atoms with Gasteiger partial charge in [0.15, 0.2) is 10.9 Å². The lowest BCUT2D eigenvalue weighted by molar-refractivity contribution is -0.115. The van der Waals surface area contributed by atoms with Gasteiger partial charge in [-0.25, -0.2) is 0 Å². The molecule has 2 aromatic carbocycles. The number of allylic oxidation sites excluding steroid dienone is 1. The minimum Gasteiger partial charge on any atom is -0.326 e. The summed E-state index contributed by atoms with van der Waals surface area (Å²) in [6.07, 6.45) is 3.86. The number of halogens is 1. The summed E-state index contributed by atoms with van der Waals surface area (Å²) in [6.45, 7) is 5.99. The number of thioether (sulfide) groups is 1. The van der Waals surface area contributed by atoms with Crippen LogP contribution in [0.25, 0.3) is 0 Å². The SMILES string of the molecule is C=CCn1c(CCc2ccc(I)cc2)nnc1SCCC(=O)Nc1ccc(C(C)=O)cc1. The number of benzene rings is 2. The molecule has 0 fully saturated rings. The van der Waals surface area contributed by atoms with Gasteiger partial charge in [0.25, 0.3) is 0 Å². The van der Waals surface area contributed by atoms with E-state index < -0.39 is 0 Å². The van der Waals surface area contributed by atoms with Gasteiger partial charge in [-0.2, -0.15) is 0 Å². The largest absolute Gasteiger partial charge is 0.326 e. The van der Waals surface area contributed by atoms with Crippen molar-refractivity contribution in [2.75, 3.05) is 11.1 Å². The Kier molecular flexibility index (Phi) is 9.04. The Hall–Kier alpha value is -2.46. The molecule has 0 saturated heterocycles. The number of anilines is 1. The molecular weight excluding hydrogens is 535 g/mol. The van der Waals surface area contributed by atoms with Crippen molar-refractivity contribution in [2.45, 2.75) is 37.9 Å². The molecule has 3 aromatic rings. The van der Waals surface area contributed by atoms with Gasteiger partial charge in [-0.15, -0.1) is 16.8 Å². The molecule has 0 atom stereocenters. The molecule has 0 saturated carbocycles. The van der Waals surface area contributed by atoms with Gasteiger partial charge in [-0.1, -0.05) is 30.0 Å². The maximum atomic E-state index is 12.3. The van der Waals surface area contributed by atoms with E-state index in [9.17, 15) is 9.59 Å². The zero-order valence-electron chi connectivity index (χ0n) is 17.9. The predicted octanol–water partition coefficient (Wildman–Crippen LogP) is 5.18. The van der Waals surface area contributed by atoms with Crippen molar-refractivity contribution in [3.05, 3.63) is 81.7 Å². The van der Waals surface area contributed by atoms with Crippen LogP contribution in [0.4, 0.5) is 5.69 Å². The second-order valence-corrected chi connectivity index (χ2v) is 9.51. The third kappa shape index (κ3) is 7.03. The number of nitrogens with zero attached hydrogens (tertiary/aromatic N) is 3. The zero-order valence-corrected chi connectivity index (χ0v) is 20.9. The number of amides is 1. The quantitative estimate of drug-likeness (QED) is 0.152. The molecule has 0 aliphatic rings. The molecule has 0 aliphatic carbocycles. The molecule has 0 unspecified atom stereocenters. The van der Waals surface area contributed by atoms with Gasteiger partial charge in [-0.05, 0) is 77.9 Å². The monoisotopic (exact) mass is 560 g/mol. The minimum atomic E-state index is -0.0817. The fourth-order valence-corrected chi connectivity index (χ4v) is 4.34.